The molecule has 0 aromatic heterocycles. The van der Waals surface area contributed by atoms with Gasteiger partial charge in [0.15, 0.2) is 0 Å². The average molecular weight is 667 g/mol. The van der Waals surface area contributed by atoms with E-state index >= 15 is 0 Å². The Hall–Kier alpha value is -1.09. The summed E-state index contributed by atoms with van der Waals surface area (Å²) in [5.41, 5.74) is 1.91. The molecule has 276 valence electrons. The van der Waals surface area contributed by atoms with E-state index < -0.39 is 0 Å². The molecule has 0 aliphatic heterocycles. The van der Waals surface area contributed by atoms with Crippen molar-refractivity contribution in [1.82, 2.24) is 0 Å². The largest absolute Gasteiger partial charge is 0.462 e. The number of allylic oxidation sites excluding steroid dienone is 2. The van der Waals surface area contributed by atoms with E-state index in [1.807, 2.05) is 0 Å². The number of unbranched alkanes of at least 4 members (excludes halogenated alkanes) is 11. The van der Waals surface area contributed by atoms with Gasteiger partial charge in [-0.3, -0.25) is 4.79 Å². The zero-order chi connectivity index (χ0) is 34.6. The van der Waals surface area contributed by atoms with E-state index in [2.05, 4.69) is 59.8 Å². The maximum absolute atomic E-state index is 12.8. The molecule has 48 heavy (non-hydrogen) atoms. The molecule has 3 heteroatoms. The number of ether oxygens (including phenoxy) is 1. The number of fused-ring (bicyclic) bond motifs is 5. The third-order valence-corrected chi connectivity index (χ3v) is 14.2. The Morgan fingerprint density at radius 2 is 1.50 bits per heavy atom. The zero-order valence-corrected chi connectivity index (χ0v) is 32.6. The van der Waals surface area contributed by atoms with Crippen molar-refractivity contribution in [3.8, 4) is 0 Å². The van der Waals surface area contributed by atoms with Crippen LogP contribution in [0.15, 0.2) is 23.8 Å². The highest BCUT2D eigenvalue weighted by molar-refractivity contribution is 5.69. The lowest BCUT2D eigenvalue weighted by atomic mass is 9.46. The third kappa shape index (κ3) is 10.5. The van der Waals surface area contributed by atoms with Gasteiger partial charge in [0.25, 0.3) is 0 Å². The molecular weight excluding hydrogens is 588 g/mol. The summed E-state index contributed by atoms with van der Waals surface area (Å²) in [5.74, 6) is 3.98. The summed E-state index contributed by atoms with van der Waals surface area (Å²) in [5, 5.41) is 11.7. The second-order valence-corrected chi connectivity index (χ2v) is 18.1. The number of carbonyl (C=O) groups excluding carboxylic acids is 1. The maximum atomic E-state index is 12.8. The highest BCUT2D eigenvalue weighted by Gasteiger charge is 2.61. The third-order valence-electron chi connectivity index (χ3n) is 14.2. The van der Waals surface area contributed by atoms with Crippen LogP contribution in [-0.2, 0) is 9.53 Å². The van der Waals surface area contributed by atoms with Crippen molar-refractivity contribution in [2.24, 2.45) is 46.3 Å². The van der Waals surface area contributed by atoms with Crippen LogP contribution in [0.1, 0.15) is 196 Å². The minimum atomic E-state index is -0.344. The molecule has 0 bridgehead atoms. The Kier molecular flexibility index (Phi) is 16.1. The summed E-state index contributed by atoms with van der Waals surface area (Å²) < 4.78 is 6.08. The van der Waals surface area contributed by atoms with Crippen LogP contribution in [0.25, 0.3) is 0 Å². The van der Waals surface area contributed by atoms with Crippen LogP contribution in [0.4, 0.5) is 0 Å². The predicted octanol–water partition coefficient (Wildman–Crippen LogP) is 12.9. The number of aliphatic hydroxyl groups is 1. The Labute approximate surface area is 297 Å². The molecular formula is C45H78O3. The zero-order valence-electron chi connectivity index (χ0n) is 32.6. The lowest BCUT2D eigenvalue weighted by Crippen LogP contribution is -2.55. The highest BCUT2D eigenvalue weighted by atomic mass is 16.5. The number of hydrogen-bond donors (Lipinski definition) is 1. The maximum Gasteiger partial charge on any atom is 0.306 e. The molecule has 0 spiro atoms. The Morgan fingerprint density at radius 1 is 0.833 bits per heavy atom. The van der Waals surface area contributed by atoms with E-state index in [0.717, 1.165) is 49.9 Å². The molecule has 0 heterocycles. The summed E-state index contributed by atoms with van der Waals surface area (Å²) >= 11 is 0. The first-order valence-corrected chi connectivity index (χ1v) is 21.3. The standard InChI is InChI=1S/C45H78O3/c1-7-8-9-10-11-12-13-14-15-16-17-18-19-20-21-25-42(47)48-37-28-30-44(5)36(32-37)33-41(46)43-39-27-26-38(35(4)24-22-23-34(2)3)45(39,6)31-29-40(43)44/h14-15,33-35,37-41,43,46H,7-13,16-32H2,1-6H3. The summed E-state index contributed by atoms with van der Waals surface area (Å²) in [7, 11) is 0. The summed E-state index contributed by atoms with van der Waals surface area (Å²) in [6.07, 6.45) is 35.9. The molecule has 4 aliphatic rings. The fourth-order valence-corrected chi connectivity index (χ4v) is 11.3. The first-order chi connectivity index (χ1) is 23.1. The Morgan fingerprint density at radius 3 is 2.19 bits per heavy atom. The molecule has 9 atom stereocenters. The quantitative estimate of drug-likeness (QED) is 0.0753. The molecule has 4 aliphatic carbocycles. The normalized spacial score (nSPS) is 33.7. The molecule has 3 saturated carbocycles. The van der Waals surface area contributed by atoms with Gasteiger partial charge in [-0.1, -0.05) is 136 Å². The molecule has 1 N–H and O–H groups in total. The SMILES string of the molecule is CCCCCCCCC=CCCCCCCCC(=O)OC1CCC2(C)C(=CC(O)C3C2CCC2(C)C(C(C)CCCC(C)C)CCC32)C1. The number of esters is 1. The molecule has 3 nitrogen and oxygen atoms in total. The van der Waals surface area contributed by atoms with E-state index in [9.17, 15) is 9.90 Å². The lowest BCUT2D eigenvalue weighted by molar-refractivity contribution is -0.152. The summed E-state index contributed by atoms with van der Waals surface area (Å²) in [6, 6.07) is 0. The van der Waals surface area contributed by atoms with Gasteiger partial charge in [0.05, 0.1) is 6.10 Å². The van der Waals surface area contributed by atoms with Crippen LogP contribution in [0.5, 0.6) is 0 Å². The van der Waals surface area contributed by atoms with Crippen LogP contribution in [-0.4, -0.2) is 23.3 Å². The van der Waals surface area contributed by atoms with Crippen molar-refractivity contribution < 1.29 is 14.6 Å². The van der Waals surface area contributed by atoms with Crippen molar-refractivity contribution in [1.29, 1.82) is 0 Å². The van der Waals surface area contributed by atoms with E-state index in [1.54, 1.807) is 0 Å². The van der Waals surface area contributed by atoms with E-state index in [4.69, 9.17) is 4.74 Å². The van der Waals surface area contributed by atoms with Crippen molar-refractivity contribution in [2.45, 2.75) is 208 Å². The lowest BCUT2D eigenvalue weighted by Gasteiger charge is -2.59. The number of carbonyl (C=O) groups is 1. The van der Waals surface area contributed by atoms with Gasteiger partial charge in [-0.05, 0) is 117 Å². The number of aliphatic hydroxyl groups excluding tert-OH is 1. The fraction of sp³-hybridized carbons (Fsp3) is 0.889. The predicted molar refractivity (Wildman–Crippen MR) is 204 cm³/mol. The van der Waals surface area contributed by atoms with E-state index in [1.165, 1.54) is 121 Å². The second-order valence-electron chi connectivity index (χ2n) is 18.1. The molecule has 4 rings (SSSR count). The summed E-state index contributed by atoms with van der Waals surface area (Å²) in [6.45, 7) is 14.6. The van der Waals surface area contributed by atoms with Crippen LogP contribution in [0, 0.1) is 46.3 Å². The Balaban J connectivity index is 1.15. The van der Waals surface area contributed by atoms with Crippen LogP contribution >= 0.6 is 0 Å². The highest BCUT2D eigenvalue weighted by Crippen LogP contribution is 2.67. The summed E-state index contributed by atoms with van der Waals surface area (Å²) in [4.78, 5) is 12.8. The van der Waals surface area contributed by atoms with Gasteiger partial charge in [0, 0.05) is 12.8 Å². The van der Waals surface area contributed by atoms with Crippen molar-refractivity contribution in [3.05, 3.63) is 23.8 Å². The van der Waals surface area contributed by atoms with Crippen molar-refractivity contribution in [2.75, 3.05) is 0 Å². The van der Waals surface area contributed by atoms with Gasteiger partial charge in [0.1, 0.15) is 6.10 Å². The van der Waals surface area contributed by atoms with E-state index in [-0.39, 0.29) is 23.6 Å². The van der Waals surface area contributed by atoms with Crippen LogP contribution in [0.2, 0.25) is 0 Å². The molecule has 3 fully saturated rings. The fourth-order valence-electron chi connectivity index (χ4n) is 11.3. The van der Waals surface area contributed by atoms with Gasteiger partial charge in [0.2, 0.25) is 0 Å². The first kappa shape index (κ1) is 39.7. The molecule has 0 aromatic rings. The molecule has 0 amide bonds. The minimum absolute atomic E-state index is 0.0102. The second kappa shape index (κ2) is 19.5. The molecule has 9 unspecified atom stereocenters. The van der Waals surface area contributed by atoms with Gasteiger partial charge in [-0.2, -0.15) is 0 Å². The average Bonchev–Trinajstić information content (AvgIpc) is 3.40. The number of hydrogen-bond acceptors (Lipinski definition) is 3. The first-order valence-electron chi connectivity index (χ1n) is 21.3. The van der Waals surface area contributed by atoms with Gasteiger partial charge < -0.3 is 9.84 Å². The topological polar surface area (TPSA) is 46.5 Å². The molecule has 0 aromatic carbocycles. The monoisotopic (exact) mass is 667 g/mol. The van der Waals surface area contributed by atoms with Gasteiger partial charge in [-0.25, -0.2) is 0 Å². The van der Waals surface area contributed by atoms with Gasteiger partial charge in [-0.15, -0.1) is 0 Å². The van der Waals surface area contributed by atoms with Crippen LogP contribution < -0.4 is 0 Å². The molecule has 0 saturated heterocycles. The minimum Gasteiger partial charge on any atom is -0.462 e. The Bertz CT molecular complexity index is 1010. The molecule has 0 radical (unpaired) electrons. The van der Waals surface area contributed by atoms with E-state index in [0.29, 0.717) is 29.6 Å². The van der Waals surface area contributed by atoms with Gasteiger partial charge >= 0.3 is 5.97 Å². The number of rotatable bonds is 21. The smallest absolute Gasteiger partial charge is 0.306 e. The van der Waals surface area contributed by atoms with Crippen molar-refractivity contribution in [3.63, 3.8) is 0 Å². The van der Waals surface area contributed by atoms with Crippen molar-refractivity contribution >= 4 is 5.97 Å². The van der Waals surface area contributed by atoms with Crippen LogP contribution in [0.3, 0.4) is 0 Å².